The van der Waals surface area contributed by atoms with E-state index in [9.17, 15) is 13.2 Å². The summed E-state index contributed by atoms with van der Waals surface area (Å²) in [6.45, 7) is 2.24. The lowest BCUT2D eigenvalue weighted by Crippen LogP contribution is -2.38. The zero-order valence-electron chi connectivity index (χ0n) is 10.4. The molecule has 0 aliphatic rings. The number of halogens is 2. The highest BCUT2D eigenvalue weighted by Gasteiger charge is 2.25. The fourth-order valence-corrected chi connectivity index (χ4v) is 4.95. The second-order valence-corrected chi connectivity index (χ2v) is 8.85. The SMILES string of the molecule is CCCNC(=O)CN(C)S(=O)(=O)c1cc(Cl)c(Br)s1. The van der Waals surface area contributed by atoms with Crippen LogP contribution in [0.3, 0.4) is 0 Å². The van der Waals surface area contributed by atoms with Gasteiger partial charge >= 0.3 is 0 Å². The van der Waals surface area contributed by atoms with Crippen molar-refractivity contribution in [2.24, 2.45) is 0 Å². The van der Waals surface area contributed by atoms with Gasteiger partial charge in [-0.15, -0.1) is 11.3 Å². The number of likely N-dealkylation sites (N-methyl/N-ethyl adjacent to an activating group) is 1. The molecule has 0 spiro atoms. The van der Waals surface area contributed by atoms with Gasteiger partial charge in [0, 0.05) is 13.6 Å². The van der Waals surface area contributed by atoms with Gasteiger partial charge in [-0.3, -0.25) is 4.79 Å². The van der Waals surface area contributed by atoms with Gasteiger partial charge < -0.3 is 5.32 Å². The number of thiophene rings is 1. The number of nitrogens with one attached hydrogen (secondary N) is 1. The van der Waals surface area contributed by atoms with E-state index < -0.39 is 10.0 Å². The number of hydrogen-bond donors (Lipinski definition) is 1. The molecule has 0 aliphatic heterocycles. The molecule has 0 saturated heterocycles. The molecule has 0 unspecified atom stereocenters. The minimum Gasteiger partial charge on any atom is -0.355 e. The van der Waals surface area contributed by atoms with Crippen LogP contribution in [0.2, 0.25) is 5.02 Å². The molecule has 0 bridgehead atoms. The van der Waals surface area contributed by atoms with Crippen LogP contribution in [0, 0.1) is 0 Å². The van der Waals surface area contributed by atoms with Crippen LogP contribution in [0.25, 0.3) is 0 Å². The van der Waals surface area contributed by atoms with E-state index in [1.54, 1.807) is 0 Å². The van der Waals surface area contributed by atoms with Gasteiger partial charge in [-0.05, 0) is 28.4 Å². The van der Waals surface area contributed by atoms with Crippen LogP contribution < -0.4 is 5.32 Å². The molecule has 0 atom stereocenters. The van der Waals surface area contributed by atoms with Crippen molar-refractivity contribution >= 4 is 54.8 Å². The van der Waals surface area contributed by atoms with E-state index in [1.807, 2.05) is 6.92 Å². The van der Waals surface area contributed by atoms with Gasteiger partial charge in [-0.1, -0.05) is 18.5 Å². The predicted molar refractivity (Wildman–Crippen MR) is 80.1 cm³/mol. The zero-order valence-corrected chi connectivity index (χ0v) is 14.4. The molecule has 9 heteroatoms. The molecule has 108 valence electrons. The molecule has 1 aromatic heterocycles. The number of nitrogens with zero attached hydrogens (tertiary/aromatic N) is 1. The van der Waals surface area contributed by atoms with E-state index in [1.165, 1.54) is 13.1 Å². The molecule has 0 aliphatic carbocycles. The number of amides is 1. The lowest BCUT2D eigenvalue weighted by atomic mass is 10.4. The number of carbonyl (C=O) groups is 1. The van der Waals surface area contributed by atoms with Crippen molar-refractivity contribution in [3.63, 3.8) is 0 Å². The topological polar surface area (TPSA) is 66.5 Å². The molecule has 1 N–H and O–H groups in total. The van der Waals surface area contributed by atoms with Crippen molar-refractivity contribution in [1.82, 2.24) is 9.62 Å². The van der Waals surface area contributed by atoms with Gasteiger partial charge in [0.15, 0.2) is 0 Å². The van der Waals surface area contributed by atoms with Crippen LogP contribution in [0.1, 0.15) is 13.3 Å². The Morgan fingerprint density at radius 1 is 1.58 bits per heavy atom. The van der Waals surface area contributed by atoms with E-state index in [-0.39, 0.29) is 16.7 Å². The Morgan fingerprint density at radius 2 is 2.21 bits per heavy atom. The second-order valence-electron chi connectivity index (χ2n) is 3.80. The summed E-state index contributed by atoms with van der Waals surface area (Å²) in [7, 11) is -2.32. The third-order valence-electron chi connectivity index (χ3n) is 2.23. The molecule has 1 heterocycles. The normalized spacial score (nSPS) is 11.8. The highest BCUT2D eigenvalue weighted by atomic mass is 79.9. The highest BCUT2D eigenvalue weighted by Crippen LogP contribution is 2.35. The Hall–Kier alpha value is -0.150. The number of rotatable bonds is 6. The third-order valence-corrected chi connectivity index (χ3v) is 6.95. The Labute approximate surface area is 130 Å². The average molecular weight is 390 g/mol. The molecule has 19 heavy (non-hydrogen) atoms. The van der Waals surface area contributed by atoms with Crippen LogP contribution >= 0.6 is 38.9 Å². The van der Waals surface area contributed by atoms with Crippen LogP contribution in [0.4, 0.5) is 0 Å². The largest absolute Gasteiger partial charge is 0.355 e. The molecule has 0 aromatic carbocycles. The van der Waals surface area contributed by atoms with Crippen molar-refractivity contribution in [2.45, 2.75) is 17.6 Å². The molecule has 1 aromatic rings. The summed E-state index contributed by atoms with van der Waals surface area (Å²) in [5.74, 6) is -0.324. The summed E-state index contributed by atoms with van der Waals surface area (Å²) < 4.78 is 26.0. The minimum absolute atomic E-state index is 0.107. The number of hydrogen-bond acceptors (Lipinski definition) is 4. The first-order valence-electron chi connectivity index (χ1n) is 5.47. The van der Waals surface area contributed by atoms with E-state index in [0.717, 1.165) is 22.1 Å². The molecule has 0 radical (unpaired) electrons. The first-order chi connectivity index (χ1) is 8.78. The Bertz CT molecular complexity index is 540. The van der Waals surface area contributed by atoms with Gasteiger partial charge in [0.25, 0.3) is 10.0 Å². The van der Waals surface area contributed by atoms with Crippen LogP contribution in [-0.2, 0) is 14.8 Å². The summed E-state index contributed by atoms with van der Waals surface area (Å²) >= 11 is 10.0. The highest BCUT2D eigenvalue weighted by molar-refractivity contribution is 9.11. The molecular weight excluding hydrogens is 376 g/mol. The Balaban J connectivity index is 2.80. The van der Waals surface area contributed by atoms with Crippen LogP contribution in [0.5, 0.6) is 0 Å². The van der Waals surface area contributed by atoms with Gasteiger partial charge in [-0.2, -0.15) is 4.31 Å². The average Bonchev–Trinajstić information content (AvgIpc) is 2.67. The number of sulfonamides is 1. The van der Waals surface area contributed by atoms with Crippen molar-refractivity contribution in [3.05, 3.63) is 14.9 Å². The van der Waals surface area contributed by atoms with Crippen molar-refractivity contribution in [3.8, 4) is 0 Å². The fraction of sp³-hybridized carbons (Fsp3) is 0.500. The van der Waals surface area contributed by atoms with Crippen molar-refractivity contribution in [1.29, 1.82) is 0 Å². The lowest BCUT2D eigenvalue weighted by Gasteiger charge is -2.15. The van der Waals surface area contributed by atoms with Crippen molar-refractivity contribution in [2.75, 3.05) is 20.1 Å². The molecule has 1 amide bonds. The summed E-state index contributed by atoms with van der Waals surface area (Å²) in [5.41, 5.74) is 0. The first-order valence-corrected chi connectivity index (χ1v) is 8.89. The van der Waals surface area contributed by atoms with E-state index in [4.69, 9.17) is 11.6 Å². The monoisotopic (exact) mass is 388 g/mol. The maximum atomic E-state index is 12.2. The smallest absolute Gasteiger partial charge is 0.252 e. The quantitative estimate of drug-likeness (QED) is 0.812. The summed E-state index contributed by atoms with van der Waals surface area (Å²) in [6.07, 6.45) is 0.801. The van der Waals surface area contributed by atoms with Crippen LogP contribution in [0.15, 0.2) is 14.1 Å². The Kier molecular flexibility index (Phi) is 6.25. The molecule has 5 nitrogen and oxygen atoms in total. The number of carbonyl (C=O) groups excluding carboxylic acids is 1. The zero-order chi connectivity index (χ0) is 14.6. The summed E-state index contributed by atoms with van der Waals surface area (Å²) in [5, 5.41) is 2.97. The molecular formula is C10H14BrClN2O3S2. The molecule has 0 saturated carbocycles. The van der Waals surface area contributed by atoms with E-state index in [2.05, 4.69) is 21.2 Å². The lowest BCUT2D eigenvalue weighted by molar-refractivity contribution is -0.121. The summed E-state index contributed by atoms with van der Waals surface area (Å²) in [4.78, 5) is 11.5. The molecule has 0 fully saturated rings. The fourth-order valence-electron chi connectivity index (χ4n) is 1.21. The second kappa shape index (κ2) is 7.03. The molecule has 1 rings (SSSR count). The van der Waals surface area contributed by atoms with Gasteiger partial charge in [0.2, 0.25) is 5.91 Å². The van der Waals surface area contributed by atoms with Gasteiger partial charge in [-0.25, -0.2) is 8.42 Å². The first kappa shape index (κ1) is 16.9. The van der Waals surface area contributed by atoms with Gasteiger partial charge in [0.1, 0.15) is 4.21 Å². The van der Waals surface area contributed by atoms with Crippen LogP contribution in [-0.4, -0.2) is 38.8 Å². The van der Waals surface area contributed by atoms with Crippen molar-refractivity contribution < 1.29 is 13.2 Å². The van der Waals surface area contributed by atoms with Gasteiger partial charge in [0.05, 0.1) is 15.4 Å². The maximum absolute atomic E-state index is 12.2. The van der Waals surface area contributed by atoms with E-state index >= 15 is 0 Å². The summed E-state index contributed by atoms with van der Waals surface area (Å²) in [6, 6.07) is 1.37. The standard InChI is InChI=1S/C10H14BrClN2O3S2/c1-3-4-13-8(15)6-14(2)19(16,17)9-5-7(12)10(11)18-9/h5H,3-4,6H2,1-2H3,(H,13,15). The predicted octanol–water partition coefficient (Wildman–Crippen LogP) is 2.31. The third kappa shape index (κ3) is 4.42. The Morgan fingerprint density at radius 3 is 2.68 bits per heavy atom. The van der Waals surface area contributed by atoms with E-state index in [0.29, 0.717) is 15.4 Å². The minimum atomic E-state index is -3.68. The maximum Gasteiger partial charge on any atom is 0.252 e.